The lowest BCUT2D eigenvalue weighted by atomic mass is 9.82. The highest BCUT2D eigenvalue weighted by atomic mass is 16.3. The van der Waals surface area contributed by atoms with Crippen molar-refractivity contribution in [1.29, 1.82) is 0 Å². The molecule has 3 N–H and O–H groups in total. The second-order valence-corrected chi connectivity index (χ2v) is 9.51. The van der Waals surface area contributed by atoms with Gasteiger partial charge in [-0.2, -0.15) is 0 Å². The van der Waals surface area contributed by atoms with Gasteiger partial charge in [-0.3, -0.25) is 14.4 Å². The third-order valence-corrected chi connectivity index (χ3v) is 7.16. The van der Waals surface area contributed by atoms with Crippen molar-refractivity contribution in [3.05, 3.63) is 84.5 Å². The van der Waals surface area contributed by atoms with Crippen molar-refractivity contribution in [1.82, 2.24) is 4.90 Å². The minimum Gasteiger partial charge on any atom is -0.394 e. The lowest BCUT2D eigenvalue weighted by Gasteiger charge is -2.27. The molecule has 2 heterocycles. The number of rotatable bonds is 9. The lowest BCUT2D eigenvalue weighted by molar-refractivity contribution is -0.139. The van der Waals surface area contributed by atoms with Crippen LogP contribution in [0.15, 0.2) is 73.3 Å². The van der Waals surface area contributed by atoms with Crippen LogP contribution < -0.4 is 10.2 Å². The summed E-state index contributed by atoms with van der Waals surface area (Å²) < 4.78 is 0. The fourth-order valence-corrected chi connectivity index (χ4v) is 5.11. The summed E-state index contributed by atoms with van der Waals surface area (Å²) in [5.41, 5.74) is -0.00950. The first-order valence-corrected chi connectivity index (χ1v) is 12.5. The Morgan fingerprint density at radius 1 is 1.24 bits per heavy atom. The van der Waals surface area contributed by atoms with Crippen LogP contribution in [0.4, 0.5) is 11.4 Å². The highest BCUT2D eigenvalue weighted by Gasteiger charge is 2.52. The van der Waals surface area contributed by atoms with Crippen molar-refractivity contribution in [2.45, 2.75) is 37.8 Å². The van der Waals surface area contributed by atoms with Crippen LogP contribution in [0, 0.1) is 5.92 Å². The largest absolute Gasteiger partial charge is 0.394 e. The van der Waals surface area contributed by atoms with Crippen molar-refractivity contribution in [2.75, 3.05) is 29.9 Å². The molecule has 8 heteroatoms. The van der Waals surface area contributed by atoms with Gasteiger partial charge >= 0.3 is 0 Å². The number of likely N-dealkylation sites (tertiary alicyclic amines) is 1. The van der Waals surface area contributed by atoms with Gasteiger partial charge in [-0.05, 0) is 43.2 Å². The molecule has 2 aromatic carbocycles. The number of aliphatic hydroxyl groups excluding tert-OH is 1. The summed E-state index contributed by atoms with van der Waals surface area (Å²) in [6.45, 7) is 6.24. The van der Waals surface area contributed by atoms with E-state index in [-0.39, 0.29) is 37.4 Å². The smallest absolute Gasteiger partial charge is 0.264 e. The van der Waals surface area contributed by atoms with Crippen molar-refractivity contribution < 1.29 is 24.6 Å². The third kappa shape index (κ3) is 5.08. The zero-order valence-corrected chi connectivity index (χ0v) is 21.0. The van der Waals surface area contributed by atoms with Gasteiger partial charge in [-0.25, -0.2) is 0 Å². The number of nitrogens with zero attached hydrogens (tertiary/aromatic N) is 2. The number of hydrogen-bond acceptors (Lipinski definition) is 5. The first-order chi connectivity index (χ1) is 17.8. The van der Waals surface area contributed by atoms with Crippen molar-refractivity contribution in [3.8, 4) is 0 Å². The first-order valence-electron chi connectivity index (χ1n) is 12.5. The number of hydrogen-bond donors (Lipinski definition) is 3. The number of amides is 3. The topological polar surface area (TPSA) is 110 Å². The summed E-state index contributed by atoms with van der Waals surface area (Å²) >= 11 is 0. The number of nitrogens with one attached hydrogen (secondary N) is 1. The van der Waals surface area contributed by atoms with Crippen LogP contribution in [0.5, 0.6) is 0 Å². The van der Waals surface area contributed by atoms with Gasteiger partial charge in [0.25, 0.3) is 11.8 Å². The predicted octanol–water partition coefficient (Wildman–Crippen LogP) is 3.22. The van der Waals surface area contributed by atoms with Crippen LogP contribution in [0.2, 0.25) is 0 Å². The van der Waals surface area contributed by atoms with Crippen molar-refractivity contribution in [2.24, 2.45) is 5.92 Å². The maximum Gasteiger partial charge on any atom is 0.264 e. The SMILES string of the molecule is C=CCN1C(=O)[C@@](O)([C@@H](C)/C=C/CC(=O)N2CCC[C@H]2CO)c2cc(NC(=O)c3ccccc3)ccc21. The van der Waals surface area contributed by atoms with E-state index in [4.69, 9.17) is 0 Å². The zero-order valence-electron chi connectivity index (χ0n) is 21.0. The quantitative estimate of drug-likeness (QED) is 0.455. The molecule has 0 unspecified atom stereocenters. The number of carbonyl (C=O) groups is 3. The summed E-state index contributed by atoms with van der Waals surface area (Å²) in [4.78, 5) is 41.9. The summed E-state index contributed by atoms with van der Waals surface area (Å²) in [6, 6.07) is 13.7. The van der Waals surface area contributed by atoms with Gasteiger partial charge in [-0.15, -0.1) is 6.58 Å². The van der Waals surface area contributed by atoms with Gasteiger partial charge in [-0.1, -0.05) is 43.4 Å². The number of carbonyl (C=O) groups excluding carboxylic acids is 3. The fraction of sp³-hybridized carbons (Fsp3) is 0.345. The summed E-state index contributed by atoms with van der Waals surface area (Å²) in [5, 5.41) is 24.1. The summed E-state index contributed by atoms with van der Waals surface area (Å²) in [6.07, 6.45) is 6.70. The monoisotopic (exact) mass is 503 g/mol. The predicted molar refractivity (Wildman–Crippen MR) is 142 cm³/mol. The van der Waals surface area contributed by atoms with E-state index in [0.717, 1.165) is 12.8 Å². The highest BCUT2D eigenvalue weighted by molar-refractivity contribution is 6.09. The Kier molecular flexibility index (Phi) is 7.90. The summed E-state index contributed by atoms with van der Waals surface area (Å²) in [5.74, 6) is -1.54. The van der Waals surface area contributed by atoms with Gasteiger partial charge < -0.3 is 25.3 Å². The van der Waals surface area contributed by atoms with Crippen LogP contribution in [0.25, 0.3) is 0 Å². The van der Waals surface area contributed by atoms with Crippen LogP contribution in [-0.2, 0) is 15.2 Å². The molecule has 0 saturated carbocycles. The van der Waals surface area contributed by atoms with Gasteiger partial charge in [0.15, 0.2) is 5.60 Å². The zero-order chi connectivity index (χ0) is 26.6. The van der Waals surface area contributed by atoms with E-state index in [2.05, 4.69) is 11.9 Å². The molecule has 4 rings (SSSR count). The lowest BCUT2D eigenvalue weighted by Crippen LogP contribution is -2.44. The average Bonchev–Trinajstić information content (AvgIpc) is 3.47. The molecule has 0 radical (unpaired) electrons. The van der Waals surface area contributed by atoms with E-state index in [9.17, 15) is 24.6 Å². The van der Waals surface area contributed by atoms with E-state index in [1.54, 1.807) is 72.5 Å². The van der Waals surface area contributed by atoms with Gasteiger partial charge in [0.2, 0.25) is 5.91 Å². The molecule has 2 aliphatic heterocycles. The molecule has 0 bridgehead atoms. The van der Waals surface area contributed by atoms with E-state index >= 15 is 0 Å². The molecule has 1 saturated heterocycles. The number of anilines is 2. The number of fused-ring (bicyclic) bond motifs is 1. The van der Waals surface area contributed by atoms with Crippen molar-refractivity contribution >= 4 is 29.1 Å². The maximum atomic E-state index is 13.5. The normalized spacial score (nSPS) is 21.8. The maximum absolute atomic E-state index is 13.5. The molecule has 8 nitrogen and oxygen atoms in total. The average molecular weight is 504 g/mol. The van der Waals surface area contributed by atoms with E-state index in [0.29, 0.717) is 29.0 Å². The van der Waals surface area contributed by atoms with E-state index in [1.165, 1.54) is 4.90 Å². The number of benzene rings is 2. The molecule has 194 valence electrons. The molecule has 37 heavy (non-hydrogen) atoms. The second-order valence-electron chi connectivity index (χ2n) is 9.51. The second kappa shape index (κ2) is 11.1. The Hall–Kier alpha value is -3.75. The summed E-state index contributed by atoms with van der Waals surface area (Å²) in [7, 11) is 0. The van der Waals surface area contributed by atoms with Crippen LogP contribution in [0.1, 0.15) is 42.1 Å². The molecular weight excluding hydrogens is 470 g/mol. The molecule has 2 aromatic rings. The number of aliphatic hydroxyl groups is 2. The van der Waals surface area contributed by atoms with Gasteiger partial charge in [0.1, 0.15) is 0 Å². The Morgan fingerprint density at radius 3 is 2.70 bits per heavy atom. The minimum atomic E-state index is -1.88. The molecule has 0 aliphatic carbocycles. The van der Waals surface area contributed by atoms with E-state index in [1.807, 2.05) is 6.07 Å². The molecule has 3 amide bonds. The Morgan fingerprint density at radius 2 is 2.00 bits per heavy atom. The third-order valence-electron chi connectivity index (χ3n) is 7.16. The first kappa shape index (κ1) is 26.3. The molecule has 0 spiro atoms. The molecule has 3 atom stereocenters. The highest BCUT2D eigenvalue weighted by Crippen LogP contribution is 2.46. The fourth-order valence-electron chi connectivity index (χ4n) is 5.11. The van der Waals surface area contributed by atoms with Gasteiger partial charge in [0.05, 0.1) is 18.3 Å². The van der Waals surface area contributed by atoms with Gasteiger partial charge in [0, 0.05) is 42.2 Å². The molecule has 2 aliphatic rings. The molecular formula is C29H33N3O5. The minimum absolute atomic E-state index is 0.0564. The standard InChI is InChI=1S/C29H33N3O5/c1-3-16-32-25-15-14-22(30-27(35)21-10-5-4-6-11-21)18-24(25)29(37,28(32)36)20(2)9-7-13-26(34)31-17-8-12-23(31)19-33/h3-7,9-11,14-15,18,20,23,33,37H,1,8,12-13,16-17,19H2,2H3,(H,30,35)/b9-7+/t20-,23-,29+/m0/s1. The van der Waals surface area contributed by atoms with E-state index < -0.39 is 17.4 Å². The molecule has 1 fully saturated rings. The Labute approximate surface area is 216 Å². The Bertz CT molecular complexity index is 1210. The Balaban J connectivity index is 1.57. The van der Waals surface area contributed by atoms with Crippen LogP contribution in [0.3, 0.4) is 0 Å². The van der Waals surface area contributed by atoms with Crippen LogP contribution >= 0.6 is 0 Å². The van der Waals surface area contributed by atoms with Crippen molar-refractivity contribution in [3.63, 3.8) is 0 Å². The molecule has 0 aromatic heterocycles. The van der Waals surface area contributed by atoms with Crippen LogP contribution in [-0.4, -0.2) is 58.6 Å².